The van der Waals surface area contributed by atoms with Crippen LogP contribution in [-0.4, -0.2) is 65.3 Å². The Morgan fingerprint density at radius 2 is 2.40 bits per heavy atom. The van der Waals surface area contributed by atoms with Crippen LogP contribution in [0, 0.1) is 0 Å². The molecule has 0 radical (unpaired) electrons. The van der Waals surface area contributed by atoms with E-state index in [0.29, 0.717) is 19.0 Å². The molecule has 0 saturated heterocycles. The summed E-state index contributed by atoms with van der Waals surface area (Å²) in [5, 5.41) is 15.3. The van der Waals surface area contributed by atoms with Crippen LogP contribution >= 0.6 is 11.7 Å². The minimum Gasteiger partial charge on any atom is -0.473 e. The number of amides is 1. The number of ether oxygens (including phenoxy) is 2. The third-order valence-corrected chi connectivity index (χ3v) is 2.88. The highest BCUT2D eigenvalue weighted by Gasteiger charge is 2.14. The van der Waals surface area contributed by atoms with Gasteiger partial charge in [-0.05, 0) is 6.92 Å². The Kier molecular flexibility index (Phi) is 8.04. The molecule has 20 heavy (non-hydrogen) atoms. The molecule has 1 aromatic heterocycles. The van der Waals surface area contributed by atoms with Crippen LogP contribution in [0.5, 0.6) is 5.88 Å². The Hall–Kier alpha value is -1.29. The lowest BCUT2D eigenvalue weighted by molar-refractivity contribution is -0.123. The largest absolute Gasteiger partial charge is 0.473 e. The van der Waals surface area contributed by atoms with E-state index in [1.165, 1.54) is 6.20 Å². The van der Waals surface area contributed by atoms with Gasteiger partial charge in [-0.15, -0.1) is 4.37 Å². The van der Waals surface area contributed by atoms with Gasteiger partial charge >= 0.3 is 0 Å². The van der Waals surface area contributed by atoms with Gasteiger partial charge in [-0.25, -0.2) is 0 Å². The summed E-state index contributed by atoms with van der Waals surface area (Å²) in [6.07, 6.45) is 0.752. The second-order valence-corrected chi connectivity index (χ2v) is 4.68. The Balaban J connectivity index is 2.12. The van der Waals surface area contributed by atoms with E-state index in [1.807, 2.05) is 0 Å². The third-order valence-electron chi connectivity index (χ3n) is 2.42. The molecule has 1 rings (SSSR count). The fourth-order valence-electron chi connectivity index (χ4n) is 1.30. The fraction of sp³-hybridized carbons (Fsp3) is 0.727. The molecule has 8 nitrogen and oxygen atoms in total. The van der Waals surface area contributed by atoms with Crippen molar-refractivity contribution < 1.29 is 19.4 Å². The van der Waals surface area contributed by atoms with Crippen molar-refractivity contribution in [2.45, 2.75) is 19.1 Å². The number of aromatic nitrogens is 2. The first kappa shape index (κ1) is 16.8. The summed E-state index contributed by atoms with van der Waals surface area (Å²) in [6, 6.07) is -0.401. The van der Waals surface area contributed by atoms with Crippen LogP contribution in [0.4, 0.5) is 0 Å². The van der Waals surface area contributed by atoms with Gasteiger partial charge in [0.15, 0.2) is 0 Å². The van der Waals surface area contributed by atoms with Gasteiger partial charge in [-0.3, -0.25) is 4.79 Å². The summed E-state index contributed by atoms with van der Waals surface area (Å²) in [5.74, 6) is 0.248. The number of hydrogen-bond donors (Lipinski definition) is 3. The predicted molar refractivity (Wildman–Crippen MR) is 73.8 cm³/mol. The van der Waals surface area contributed by atoms with Crippen LogP contribution in [0.1, 0.15) is 6.92 Å². The quantitative estimate of drug-likeness (QED) is 0.477. The molecular weight excluding hydrogens is 284 g/mol. The number of methoxy groups -OCH3 is 1. The Morgan fingerprint density at radius 1 is 1.60 bits per heavy atom. The summed E-state index contributed by atoms with van der Waals surface area (Å²) in [4.78, 5) is 11.6. The first-order valence-corrected chi connectivity index (χ1v) is 6.95. The highest BCUT2D eigenvalue weighted by Crippen LogP contribution is 2.05. The molecule has 2 unspecified atom stereocenters. The van der Waals surface area contributed by atoms with Crippen molar-refractivity contribution in [3.8, 4) is 5.88 Å². The van der Waals surface area contributed by atoms with E-state index in [-0.39, 0.29) is 19.1 Å². The topological polar surface area (TPSA) is 106 Å². The van der Waals surface area contributed by atoms with Gasteiger partial charge in [0.25, 0.3) is 0 Å². The van der Waals surface area contributed by atoms with Crippen LogP contribution < -0.4 is 15.4 Å². The number of aliphatic hydroxyl groups excluding tert-OH is 1. The minimum absolute atomic E-state index is 0.0937. The molecule has 1 aromatic rings. The summed E-state index contributed by atoms with van der Waals surface area (Å²) >= 11 is 1.04. The smallest absolute Gasteiger partial charge is 0.245 e. The molecule has 0 fully saturated rings. The number of carbonyl (C=O) groups excluding carboxylic acids is 1. The maximum atomic E-state index is 11.6. The fourth-order valence-corrected chi connectivity index (χ4v) is 1.66. The van der Waals surface area contributed by atoms with Crippen LogP contribution in [0.3, 0.4) is 0 Å². The molecule has 0 spiro atoms. The number of nitrogens with zero attached hydrogens (tertiary/aromatic N) is 2. The van der Waals surface area contributed by atoms with Crippen molar-refractivity contribution in [1.29, 1.82) is 0 Å². The Bertz CT molecular complexity index is 377. The molecule has 0 aliphatic heterocycles. The van der Waals surface area contributed by atoms with E-state index >= 15 is 0 Å². The summed E-state index contributed by atoms with van der Waals surface area (Å²) in [7, 11) is 1.57. The molecule has 2 atom stereocenters. The lowest BCUT2D eigenvalue weighted by Crippen LogP contribution is -2.46. The van der Waals surface area contributed by atoms with Crippen molar-refractivity contribution in [2.75, 3.05) is 33.4 Å². The first-order chi connectivity index (χ1) is 9.63. The van der Waals surface area contributed by atoms with E-state index in [9.17, 15) is 9.90 Å². The number of hydrogen-bond acceptors (Lipinski definition) is 8. The van der Waals surface area contributed by atoms with E-state index in [2.05, 4.69) is 19.4 Å². The maximum absolute atomic E-state index is 11.6. The molecule has 0 aliphatic carbocycles. The number of rotatable bonds is 10. The summed E-state index contributed by atoms with van der Waals surface area (Å²) < 4.78 is 17.7. The average Bonchev–Trinajstić information content (AvgIpc) is 2.95. The van der Waals surface area contributed by atoms with Crippen LogP contribution in [-0.2, 0) is 9.53 Å². The van der Waals surface area contributed by atoms with E-state index in [4.69, 9.17) is 9.47 Å². The maximum Gasteiger partial charge on any atom is 0.245 e. The van der Waals surface area contributed by atoms with E-state index in [1.54, 1.807) is 14.0 Å². The van der Waals surface area contributed by atoms with Crippen LogP contribution in [0.25, 0.3) is 0 Å². The van der Waals surface area contributed by atoms with Crippen LogP contribution in [0.15, 0.2) is 6.20 Å². The number of nitrogens with one attached hydrogen (secondary N) is 2. The Labute approximate surface area is 121 Å². The molecule has 1 amide bonds. The van der Waals surface area contributed by atoms with Gasteiger partial charge in [0.2, 0.25) is 11.8 Å². The molecule has 1 heterocycles. The van der Waals surface area contributed by atoms with Crippen molar-refractivity contribution >= 4 is 17.6 Å². The number of aliphatic hydroxyl groups is 1. The molecule has 114 valence electrons. The van der Waals surface area contributed by atoms with Gasteiger partial charge in [0.05, 0.1) is 24.4 Å². The standard InChI is InChI=1S/C11H20N4O4S/c1-8(11(17)12-3-4-18-2)13-5-9(16)7-19-10-6-14-20-15-10/h6,8-9,13,16H,3-5,7H2,1-2H3,(H,12,17). The van der Waals surface area contributed by atoms with Crippen molar-refractivity contribution in [3.05, 3.63) is 6.20 Å². The first-order valence-electron chi connectivity index (χ1n) is 6.22. The normalized spacial score (nSPS) is 13.8. The summed E-state index contributed by atoms with van der Waals surface area (Å²) in [5.41, 5.74) is 0. The number of carbonyl (C=O) groups is 1. The van der Waals surface area contributed by atoms with E-state index < -0.39 is 12.1 Å². The van der Waals surface area contributed by atoms with Gasteiger partial charge in [0, 0.05) is 20.2 Å². The van der Waals surface area contributed by atoms with Crippen LogP contribution in [0.2, 0.25) is 0 Å². The highest BCUT2D eigenvalue weighted by molar-refractivity contribution is 6.99. The molecule has 0 saturated carbocycles. The second kappa shape index (κ2) is 9.59. The molecule has 0 aromatic carbocycles. The van der Waals surface area contributed by atoms with Crippen molar-refractivity contribution in [1.82, 2.24) is 19.4 Å². The van der Waals surface area contributed by atoms with E-state index in [0.717, 1.165) is 11.7 Å². The Morgan fingerprint density at radius 3 is 3.05 bits per heavy atom. The predicted octanol–water partition coefficient (Wildman–Crippen LogP) is -0.981. The second-order valence-electron chi connectivity index (χ2n) is 4.12. The molecular formula is C11H20N4O4S. The van der Waals surface area contributed by atoms with Gasteiger partial charge in [-0.2, -0.15) is 4.37 Å². The molecule has 9 heteroatoms. The third kappa shape index (κ3) is 6.75. The molecule has 0 bridgehead atoms. The van der Waals surface area contributed by atoms with Gasteiger partial charge < -0.3 is 25.2 Å². The van der Waals surface area contributed by atoms with Gasteiger partial charge in [0.1, 0.15) is 18.9 Å². The van der Waals surface area contributed by atoms with Crippen molar-refractivity contribution in [2.24, 2.45) is 0 Å². The zero-order valence-electron chi connectivity index (χ0n) is 11.5. The van der Waals surface area contributed by atoms with Gasteiger partial charge in [-0.1, -0.05) is 0 Å². The highest BCUT2D eigenvalue weighted by atomic mass is 32.1. The lowest BCUT2D eigenvalue weighted by atomic mass is 10.3. The van der Waals surface area contributed by atoms with Crippen molar-refractivity contribution in [3.63, 3.8) is 0 Å². The SMILES string of the molecule is COCCNC(=O)C(C)NCC(O)COc1cnsn1. The lowest BCUT2D eigenvalue weighted by Gasteiger charge is -2.16. The average molecular weight is 304 g/mol. The molecule has 3 N–H and O–H groups in total. The zero-order valence-corrected chi connectivity index (χ0v) is 12.4. The summed E-state index contributed by atoms with van der Waals surface area (Å²) in [6.45, 7) is 2.99. The minimum atomic E-state index is -0.731. The zero-order chi connectivity index (χ0) is 14.8. The monoisotopic (exact) mass is 304 g/mol. The molecule has 0 aliphatic rings.